The molecule has 1 fully saturated rings. The lowest BCUT2D eigenvalue weighted by Crippen LogP contribution is -2.47. The van der Waals surface area contributed by atoms with Crippen LogP contribution in [0.2, 0.25) is 0 Å². The van der Waals surface area contributed by atoms with Crippen molar-refractivity contribution in [3.05, 3.63) is 71.8 Å². The lowest BCUT2D eigenvalue weighted by atomic mass is 9.69. The minimum atomic E-state index is -0.222. The molecule has 3 nitrogen and oxygen atoms in total. The normalized spacial score (nSPS) is 17.7. The molecule has 1 heterocycles. The first-order valence-corrected chi connectivity index (χ1v) is 8.32. The first-order chi connectivity index (χ1) is 11.2. The Bertz CT molecular complexity index is 600. The molecule has 0 unspecified atom stereocenters. The minimum Gasteiger partial charge on any atom is -0.370 e. The van der Waals surface area contributed by atoms with Crippen molar-refractivity contribution in [1.29, 1.82) is 0 Å². The van der Waals surface area contributed by atoms with Crippen LogP contribution in [0.4, 0.5) is 0 Å². The zero-order valence-corrected chi connectivity index (χ0v) is 13.4. The summed E-state index contributed by atoms with van der Waals surface area (Å²) in [7, 11) is 0. The van der Waals surface area contributed by atoms with Crippen molar-refractivity contribution >= 4 is 5.91 Å². The van der Waals surface area contributed by atoms with Crippen LogP contribution in [0.15, 0.2) is 60.7 Å². The number of amides is 1. The largest absolute Gasteiger partial charge is 0.370 e. The number of rotatable bonds is 5. The minimum absolute atomic E-state index is 0.00157. The van der Waals surface area contributed by atoms with Crippen LogP contribution >= 0.6 is 0 Å². The molecule has 23 heavy (non-hydrogen) atoms. The molecule has 0 saturated carbocycles. The molecular formula is C20H24N2O. The first-order valence-electron chi connectivity index (χ1n) is 8.32. The lowest BCUT2D eigenvalue weighted by molar-refractivity contribution is -0.118. The average molecular weight is 308 g/mol. The van der Waals surface area contributed by atoms with E-state index in [0.29, 0.717) is 6.42 Å². The van der Waals surface area contributed by atoms with Gasteiger partial charge in [-0.2, -0.15) is 0 Å². The Hall–Kier alpha value is -2.13. The number of carbonyl (C=O) groups is 1. The number of hydrogen-bond acceptors (Lipinski definition) is 2. The Balaban J connectivity index is 1.94. The van der Waals surface area contributed by atoms with E-state index in [2.05, 4.69) is 65.6 Å². The first kappa shape index (κ1) is 15.8. The van der Waals surface area contributed by atoms with E-state index in [1.54, 1.807) is 0 Å². The molecule has 1 aliphatic heterocycles. The van der Waals surface area contributed by atoms with Crippen LogP contribution in [0.1, 0.15) is 30.4 Å². The third-order valence-corrected chi connectivity index (χ3v) is 4.90. The topological polar surface area (TPSA) is 46.3 Å². The second-order valence-electron chi connectivity index (χ2n) is 6.41. The zero-order valence-electron chi connectivity index (χ0n) is 13.4. The molecular weight excluding hydrogens is 284 g/mol. The summed E-state index contributed by atoms with van der Waals surface area (Å²) in [4.78, 5) is 13.5. The highest BCUT2D eigenvalue weighted by molar-refractivity contribution is 5.73. The zero-order chi connectivity index (χ0) is 16.1. The fourth-order valence-corrected chi connectivity index (χ4v) is 3.76. The van der Waals surface area contributed by atoms with Crippen LogP contribution in [-0.2, 0) is 10.2 Å². The molecule has 3 heteroatoms. The summed E-state index contributed by atoms with van der Waals surface area (Å²) in [5.74, 6) is -0.222. The molecule has 0 spiro atoms. The summed E-state index contributed by atoms with van der Waals surface area (Å²) in [5.41, 5.74) is 8.05. The molecule has 2 N–H and O–H groups in total. The van der Waals surface area contributed by atoms with Crippen molar-refractivity contribution in [3.8, 4) is 0 Å². The van der Waals surface area contributed by atoms with Crippen LogP contribution < -0.4 is 5.73 Å². The Morgan fingerprint density at radius 3 is 2.09 bits per heavy atom. The molecule has 2 aromatic rings. The van der Waals surface area contributed by atoms with Crippen molar-refractivity contribution < 1.29 is 4.79 Å². The maximum atomic E-state index is 11.1. The summed E-state index contributed by atoms with van der Waals surface area (Å²) in [5, 5.41) is 0. The van der Waals surface area contributed by atoms with Gasteiger partial charge in [0.15, 0.2) is 0 Å². The van der Waals surface area contributed by atoms with Gasteiger partial charge in [0, 0.05) is 24.9 Å². The van der Waals surface area contributed by atoms with E-state index in [0.717, 1.165) is 32.5 Å². The average Bonchev–Trinajstić information content (AvgIpc) is 2.61. The number of piperidine rings is 1. The third kappa shape index (κ3) is 3.45. The van der Waals surface area contributed by atoms with Gasteiger partial charge in [0.05, 0.1) is 0 Å². The van der Waals surface area contributed by atoms with Gasteiger partial charge in [-0.25, -0.2) is 0 Å². The molecule has 120 valence electrons. The van der Waals surface area contributed by atoms with Crippen molar-refractivity contribution in [2.45, 2.75) is 24.7 Å². The number of carbonyl (C=O) groups excluding carboxylic acids is 1. The Morgan fingerprint density at radius 1 is 1.00 bits per heavy atom. The van der Waals surface area contributed by atoms with Crippen molar-refractivity contribution in [2.24, 2.45) is 5.73 Å². The van der Waals surface area contributed by atoms with Gasteiger partial charge < -0.3 is 10.6 Å². The Morgan fingerprint density at radius 2 is 1.57 bits per heavy atom. The van der Waals surface area contributed by atoms with Crippen molar-refractivity contribution in [3.63, 3.8) is 0 Å². The summed E-state index contributed by atoms with van der Waals surface area (Å²) in [6.45, 7) is 2.72. The quantitative estimate of drug-likeness (QED) is 0.923. The molecule has 0 radical (unpaired) electrons. The monoisotopic (exact) mass is 308 g/mol. The number of benzene rings is 2. The maximum Gasteiger partial charge on any atom is 0.218 e. The summed E-state index contributed by atoms with van der Waals surface area (Å²) in [6, 6.07) is 21.5. The van der Waals surface area contributed by atoms with Gasteiger partial charge in [-0.15, -0.1) is 0 Å². The second-order valence-corrected chi connectivity index (χ2v) is 6.41. The Kier molecular flexibility index (Phi) is 4.77. The SMILES string of the molecule is NC(=O)CCN1CCCC(c2ccccc2)(c2ccccc2)C1. The van der Waals surface area contributed by atoms with Gasteiger partial charge in [0.25, 0.3) is 0 Å². The fraction of sp³-hybridized carbons (Fsp3) is 0.350. The predicted molar refractivity (Wildman–Crippen MR) is 93.1 cm³/mol. The summed E-state index contributed by atoms with van der Waals surface area (Å²) < 4.78 is 0. The van der Waals surface area contributed by atoms with Gasteiger partial charge in [-0.05, 0) is 30.5 Å². The van der Waals surface area contributed by atoms with E-state index in [-0.39, 0.29) is 11.3 Å². The van der Waals surface area contributed by atoms with Crippen LogP contribution in [0.25, 0.3) is 0 Å². The maximum absolute atomic E-state index is 11.1. The van der Waals surface area contributed by atoms with E-state index in [1.165, 1.54) is 11.1 Å². The van der Waals surface area contributed by atoms with Crippen LogP contribution in [0.3, 0.4) is 0 Å². The number of hydrogen-bond donors (Lipinski definition) is 1. The molecule has 2 aromatic carbocycles. The second kappa shape index (κ2) is 6.97. The highest BCUT2D eigenvalue weighted by Crippen LogP contribution is 2.40. The van der Waals surface area contributed by atoms with E-state index in [4.69, 9.17) is 5.73 Å². The summed E-state index contributed by atoms with van der Waals surface area (Å²) in [6.07, 6.45) is 2.69. The van der Waals surface area contributed by atoms with Gasteiger partial charge in [0.1, 0.15) is 0 Å². The third-order valence-electron chi connectivity index (χ3n) is 4.90. The molecule has 3 rings (SSSR count). The van der Waals surface area contributed by atoms with Crippen LogP contribution in [0.5, 0.6) is 0 Å². The molecule has 1 amide bonds. The highest BCUT2D eigenvalue weighted by atomic mass is 16.1. The van der Waals surface area contributed by atoms with E-state index >= 15 is 0 Å². The van der Waals surface area contributed by atoms with E-state index in [9.17, 15) is 4.79 Å². The molecule has 0 aliphatic carbocycles. The number of likely N-dealkylation sites (tertiary alicyclic amines) is 1. The molecule has 0 bridgehead atoms. The predicted octanol–water partition coefficient (Wildman–Crippen LogP) is 2.94. The van der Waals surface area contributed by atoms with Crippen LogP contribution in [-0.4, -0.2) is 30.4 Å². The molecule has 0 atom stereocenters. The van der Waals surface area contributed by atoms with Gasteiger partial charge >= 0.3 is 0 Å². The smallest absolute Gasteiger partial charge is 0.218 e. The lowest BCUT2D eigenvalue weighted by Gasteiger charge is -2.44. The Labute approximate surface area is 138 Å². The number of nitrogens with two attached hydrogens (primary N) is 1. The van der Waals surface area contributed by atoms with Crippen LogP contribution in [0, 0.1) is 0 Å². The van der Waals surface area contributed by atoms with E-state index < -0.39 is 0 Å². The van der Waals surface area contributed by atoms with Gasteiger partial charge in [0.2, 0.25) is 5.91 Å². The number of primary amides is 1. The van der Waals surface area contributed by atoms with Gasteiger partial charge in [-0.3, -0.25) is 4.79 Å². The summed E-state index contributed by atoms with van der Waals surface area (Å²) >= 11 is 0. The fourth-order valence-electron chi connectivity index (χ4n) is 3.76. The molecule has 1 saturated heterocycles. The highest BCUT2D eigenvalue weighted by Gasteiger charge is 2.38. The molecule has 0 aromatic heterocycles. The standard InChI is InChI=1S/C20H24N2O/c21-19(23)12-15-22-14-7-13-20(16-22,17-8-3-1-4-9-17)18-10-5-2-6-11-18/h1-6,8-11H,7,12-16H2,(H2,21,23). The van der Waals surface area contributed by atoms with Crippen molar-refractivity contribution in [2.75, 3.05) is 19.6 Å². The van der Waals surface area contributed by atoms with E-state index in [1.807, 2.05) is 0 Å². The molecule has 1 aliphatic rings. The number of nitrogens with zero attached hydrogens (tertiary/aromatic N) is 1. The van der Waals surface area contributed by atoms with Gasteiger partial charge in [-0.1, -0.05) is 60.7 Å². The van der Waals surface area contributed by atoms with Crippen molar-refractivity contribution in [1.82, 2.24) is 4.90 Å².